The second-order valence-corrected chi connectivity index (χ2v) is 6.36. The molecule has 0 saturated heterocycles. The third-order valence-corrected chi connectivity index (χ3v) is 5.09. The predicted molar refractivity (Wildman–Crippen MR) is 97.9 cm³/mol. The lowest BCUT2D eigenvalue weighted by molar-refractivity contribution is 0.131. The highest BCUT2D eigenvalue weighted by Gasteiger charge is 2.42. The maximum absolute atomic E-state index is 11.8. The van der Waals surface area contributed by atoms with Gasteiger partial charge in [-0.25, -0.2) is 0 Å². The first-order valence-electron chi connectivity index (χ1n) is 8.19. The van der Waals surface area contributed by atoms with Crippen molar-refractivity contribution >= 4 is 10.8 Å². The normalized spacial score (nSPS) is 14.4. The van der Waals surface area contributed by atoms with E-state index in [9.17, 15) is 5.11 Å². The van der Waals surface area contributed by atoms with E-state index in [1.165, 1.54) is 5.39 Å². The molecule has 1 aliphatic rings. The van der Waals surface area contributed by atoms with E-state index in [1.54, 1.807) is 0 Å². The topological polar surface area (TPSA) is 20.2 Å². The minimum Gasteiger partial charge on any atom is -0.376 e. The summed E-state index contributed by atoms with van der Waals surface area (Å²) in [6, 6.07) is 30.8. The fourth-order valence-electron chi connectivity index (χ4n) is 3.94. The summed E-state index contributed by atoms with van der Waals surface area (Å²) < 4.78 is 0. The van der Waals surface area contributed by atoms with Crippen LogP contribution in [0.15, 0.2) is 91.0 Å². The van der Waals surface area contributed by atoms with Gasteiger partial charge in [0.05, 0.1) is 0 Å². The summed E-state index contributed by atoms with van der Waals surface area (Å²) in [5, 5.41) is 14.2. The summed E-state index contributed by atoms with van der Waals surface area (Å²) in [4.78, 5) is 0. The van der Waals surface area contributed by atoms with Crippen molar-refractivity contribution < 1.29 is 5.11 Å². The van der Waals surface area contributed by atoms with Gasteiger partial charge in [0, 0.05) is 11.1 Å². The van der Waals surface area contributed by atoms with Crippen molar-refractivity contribution in [2.24, 2.45) is 0 Å². The number of fused-ring (bicyclic) bond motifs is 4. The molecule has 1 heteroatoms. The zero-order chi connectivity index (χ0) is 16.1. The first-order chi connectivity index (χ1) is 11.8. The first-order valence-corrected chi connectivity index (χ1v) is 8.19. The van der Waals surface area contributed by atoms with Gasteiger partial charge in [-0.3, -0.25) is 0 Å². The van der Waals surface area contributed by atoms with Gasteiger partial charge in [0.15, 0.2) is 0 Å². The van der Waals surface area contributed by atoms with E-state index in [4.69, 9.17) is 0 Å². The summed E-state index contributed by atoms with van der Waals surface area (Å²) in [5.41, 5.74) is 3.96. The minimum atomic E-state index is -1.10. The van der Waals surface area contributed by atoms with Gasteiger partial charge in [-0.05, 0) is 33.5 Å². The molecule has 4 aromatic carbocycles. The summed E-state index contributed by atoms with van der Waals surface area (Å²) in [7, 11) is 0. The molecule has 114 valence electrons. The van der Waals surface area contributed by atoms with Crippen molar-refractivity contribution in [2.75, 3.05) is 0 Å². The molecule has 0 bridgehead atoms. The Morgan fingerprint density at radius 2 is 1.08 bits per heavy atom. The summed E-state index contributed by atoms with van der Waals surface area (Å²) in [5.74, 6) is 0. The highest BCUT2D eigenvalue weighted by molar-refractivity contribution is 5.86. The van der Waals surface area contributed by atoms with E-state index >= 15 is 0 Å². The van der Waals surface area contributed by atoms with E-state index in [1.807, 2.05) is 54.6 Å². The van der Waals surface area contributed by atoms with Crippen molar-refractivity contribution in [1.82, 2.24) is 0 Å². The molecule has 0 aromatic heterocycles. The van der Waals surface area contributed by atoms with Gasteiger partial charge in [-0.15, -0.1) is 0 Å². The molecule has 1 nitrogen and oxygen atoms in total. The van der Waals surface area contributed by atoms with Gasteiger partial charge in [0.2, 0.25) is 0 Å². The monoisotopic (exact) mass is 308 g/mol. The average Bonchev–Trinajstić information content (AvgIpc) is 2.92. The molecule has 4 aromatic rings. The van der Waals surface area contributed by atoms with Gasteiger partial charge in [0.25, 0.3) is 0 Å². The molecular formula is C23H16O. The summed E-state index contributed by atoms with van der Waals surface area (Å²) in [6.45, 7) is 0. The maximum Gasteiger partial charge on any atom is 0.141 e. The third kappa shape index (κ3) is 1.68. The average molecular weight is 308 g/mol. The minimum absolute atomic E-state index is 0.915. The molecular weight excluding hydrogens is 292 g/mol. The first kappa shape index (κ1) is 13.5. The number of aliphatic hydroxyl groups is 1. The highest BCUT2D eigenvalue weighted by atomic mass is 16.3. The second-order valence-electron chi connectivity index (χ2n) is 6.36. The van der Waals surface area contributed by atoms with Crippen molar-refractivity contribution in [3.63, 3.8) is 0 Å². The maximum atomic E-state index is 11.8. The molecule has 0 unspecified atom stereocenters. The lowest BCUT2D eigenvalue weighted by atomic mass is 9.83. The van der Waals surface area contributed by atoms with Crippen LogP contribution in [0.3, 0.4) is 0 Å². The quantitative estimate of drug-likeness (QED) is 0.518. The van der Waals surface area contributed by atoms with E-state index in [0.717, 1.165) is 33.2 Å². The van der Waals surface area contributed by atoms with Crippen LogP contribution in [0.5, 0.6) is 0 Å². The highest BCUT2D eigenvalue weighted by Crippen LogP contribution is 2.50. The molecule has 0 aliphatic heterocycles. The van der Waals surface area contributed by atoms with E-state index in [-0.39, 0.29) is 0 Å². The van der Waals surface area contributed by atoms with Gasteiger partial charge in [0.1, 0.15) is 5.60 Å². The smallest absolute Gasteiger partial charge is 0.141 e. The Labute approximate surface area is 140 Å². The molecule has 24 heavy (non-hydrogen) atoms. The Kier molecular flexibility index (Phi) is 2.70. The number of hydrogen-bond acceptors (Lipinski definition) is 1. The Bertz CT molecular complexity index is 1030. The zero-order valence-electron chi connectivity index (χ0n) is 13.1. The lowest BCUT2D eigenvalue weighted by Crippen LogP contribution is -2.26. The molecule has 0 heterocycles. The number of hydrogen-bond donors (Lipinski definition) is 1. The number of benzene rings is 4. The van der Waals surface area contributed by atoms with Gasteiger partial charge in [-0.1, -0.05) is 84.9 Å². The van der Waals surface area contributed by atoms with Crippen molar-refractivity contribution in [3.05, 3.63) is 108 Å². The van der Waals surface area contributed by atoms with Crippen LogP contribution in [-0.4, -0.2) is 5.11 Å². The van der Waals surface area contributed by atoms with Crippen LogP contribution in [0, 0.1) is 0 Å². The van der Waals surface area contributed by atoms with Crippen molar-refractivity contribution in [1.29, 1.82) is 0 Å². The summed E-state index contributed by atoms with van der Waals surface area (Å²) >= 11 is 0. The molecule has 0 radical (unpaired) electrons. The van der Waals surface area contributed by atoms with E-state index in [2.05, 4.69) is 36.4 Å². The standard InChI is InChI=1S/C23H16O/c24-23(18-14-13-16-7-1-2-8-17(16)15-18)21-11-5-3-9-19(21)20-10-4-6-12-22(20)23/h1-15,24H. The predicted octanol–water partition coefficient (Wildman–Crippen LogP) is 5.10. The van der Waals surface area contributed by atoms with Gasteiger partial charge < -0.3 is 5.11 Å². The van der Waals surface area contributed by atoms with Crippen LogP contribution >= 0.6 is 0 Å². The van der Waals surface area contributed by atoms with Gasteiger partial charge in [-0.2, -0.15) is 0 Å². The zero-order valence-corrected chi connectivity index (χ0v) is 13.1. The lowest BCUT2D eigenvalue weighted by Gasteiger charge is -2.27. The van der Waals surface area contributed by atoms with Gasteiger partial charge >= 0.3 is 0 Å². The van der Waals surface area contributed by atoms with Crippen LogP contribution in [0.1, 0.15) is 16.7 Å². The summed E-state index contributed by atoms with van der Waals surface area (Å²) in [6.07, 6.45) is 0. The van der Waals surface area contributed by atoms with E-state index < -0.39 is 5.60 Å². The Morgan fingerprint density at radius 1 is 0.542 bits per heavy atom. The van der Waals surface area contributed by atoms with Crippen molar-refractivity contribution in [2.45, 2.75) is 5.60 Å². The Morgan fingerprint density at radius 3 is 1.75 bits per heavy atom. The molecule has 0 saturated carbocycles. The van der Waals surface area contributed by atoms with Crippen molar-refractivity contribution in [3.8, 4) is 11.1 Å². The molecule has 0 spiro atoms. The van der Waals surface area contributed by atoms with Crippen LogP contribution in [0.4, 0.5) is 0 Å². The Balaban J connectivity index is 1.85. The van der Waals surface area contributed by atoms with Crippen LogP contribution in [0.2, 0.25) is 0 Å². The van der Waals surface area contributed by atoms with Crippen LogP contribution < -0.4 is 0 Å². The third-order valence-electron chi connectivity index (χ3n) is 5.09. The molecule has 0 fully saturated rings. The number of rotatable bonds is 1. The van der Waals surface area contributed by atoms with Crippen LogP contribution in [-0.2, 0) is 5.60 Å². The van der Waals surface area contributed by atoms with E-state index in [0.29, 0.717) is 0 Å². The SMILES string of the molecule is OC1(c2ccc3ccccc3c2)c2ccccc2-c2ccccc21. The second kappa shape index (κ2) is 4.80. The molecule has 1 N–H and O–H groups in total. The molecule has 5 rings (SSSR count). The fourth-order valence-corrected chi connectivity index (χ4v) is 3.94. The fraction of sp³-hybridized carbons (Fsp3) is 0.0435. The molecule has 0 amide bonds. The largest absolute Gasteiger partial charge is 0.376 e. The molecule has 1 aliphatic carbocycles. The molecule has 0 atom stereocenters. The van der Waals surface area contributed by atoms with Crippen LogP contribution in [0.25, 0.3) is 21.9 Å². The Hall–Kier alpha value is -2.90.